The largest absolute Gasteiger partial charge is 0.494 e. The van der Waals surface area contributed by atoms with Crippen molar-refractivity contribution in [2.45, 2.75) is 44.5 Å². The minimum absolute atomic E-state index is 0.0541. The molecule has 3 aromatic carbocycles. The van der Waals surface area contributed by atoms with Crippen molar-refractivity contribution >= 4 is 11.8 Å². The minimum Gasteiger partial charge on any atom is -0.494 e. The summed E-state index contributed by atoms with van der Waals surface area (Å²) in [6.07, 6.45) is 1.56. The highest BCUT2D eigenvalue weighted by Crippen LogP contribution is 2.44. The summed E-state index contributed by atoms with van der Waals surface area (Å²) >= 11 is 0. The molecule has 0 aromatic heterocycles. The average molecular weight is 555 g/mol. The van der Waals surface area contributed by atoms with Crippen molar-refractivity contribution < 1.29 is 19.4 Å². The van der Waals surface area contributed by atoms with Gasteiger partial charge in [-0.05, 0) is 53.4 Å². The van der Waals surface area contributed by atoms with Crippen LogP contribution in [0.3, 0.4) is 0 Å². The van der Waals surface area contributed by atoms with E-state index in [4.69, 9.17) is 25.1 Å². The molecule has 1 aliphatic rings. The Bertz CT molecular complexity index is 1430. The highest BCUT2D eigenvalue weighted by Gasteiger charge is 2.53. The molecule has 4 rings (SSSR count). The van der Waals surface area contributed by atoms with Crippen LogP contribution in [0.4, 0.5) is 0 Å². The van der Waals surface area contributed by atoms with E-state index in [9.17, 15) is 4.79 Å². The second-order valence-electron chi connectivity index (χ2n) is 9.67. The van der Waals surface area contributed by atoms with E-state index in [1.165, 1.54) is 0 Å². The number of aryl methyl sites for hydroxylation is 1. The van der Waals surface area contributed by atoms with Crippen molar-refractivity contribution in [2.24, 2.45) is 10.1 Å². The number of aliphatic imine (C=N–C) groups is 1. The molecule has 10 nitrogen and oxygen atoms in total. The summed E-state index contributed by atoms with van der Waals surface area (Å²) in [5, 5.41) is 12.7. The van der Waals surface area contributed by atoms with Crippen LogP contribution in [0.1, 0.15) is 46.8 Å². The zero-order valence-corrected chi connectivity index (χ0v) is 23.0. The van der Waals surface area contributed by atoms with Crippen LogP contribution in [-0.2, 0) is 22.6 Å². The Labute approximate surface area is 239 Å². The SMILES string of the molecule is C=CC[C@]1(C(=O)NNCc2cccc(C)c2)N=C(c2ccc(OCCCO)cc2)O[C@H]1c1ccccc1CN=[N+]=[N-]. The minimum atomic E-state index is -1.39. The summed E-state index contributed by atoms with van der Waals surface area (Å²) in [5.41, 5.74) is 17.7. The van der Waals surface area contributed by atoms with Crippen molar-refractivity contribution in [3.63, 3.8) is 0 Å². The van der Waals surface area contributed by atoms with Crippen molar-refractivity contribution in [2.75, 3.05) is 13.2 Å². The van der Waals surface area contributed by atoms with Crippen molar-refractivity contribution in [3.05, 3.63) is 124 Å². The molecule has 10 heteroatoms. The van der Waals surface area contributed by atoms with Gasteiger partial charge in [-0.25, -0.2) is 10.4 Å². The van der Waals surface area contributed by atoms with Gasteiger partial charge in [-0.2, -0.15) is 0 Å². The number of aliphatic hydroxyl groups is 1. The Hall–Kier alpha value is -4.63. The number of nitrogens with zero attached hydrogens (tertiary/aromatic N) is 4. The second-order valence-corrected chi connectivity index (χ2v) is 9.67. The molecule has 1 aliphatic heterocycles. The fourth-order valence-electron chi connectivity index (χ4n) is 4.71. The Morgan fingerprint density at radius 1 is 1.22 bits per heavy atom. The Balaban J connectivity index is 1.68. The maximum Gasteiger partial charge on any atom is 0.266 e. The Morgan fingerprint density at radius 3 is 2.76 bits per heavy atom. The van der Waals surface area contributed by atoms with Gasteiger partial charge in [-0.15, -0.1) is 6.58 Å². The topological polar surface area (TPSA) is 141 Å². The van der Waals surface area contributed by atoms with Gasteiger partial charge in [0.25, 0.3) is 5.91 Å². The summed E-state index contributed by atoms with van der Waals surface area (Å²) in [7, 11) is 0. The number of ether oxygens (including phenoxy) is 2. The average Bonchev–Trinajstić information content (AvgIpc) is 3.37. The number of nitrogens with one attached hydrogen (secondary N) is 2. The molecule has 0 bridgehead atoms. The van der Waals surface area contributed by atoms with Crippen LogP contribution in [0, 0.1) is 6.92 Å². The molecule has 0 unspecified atom stereocenters. The van der Waals surface area contributed by atoms with Gasteiger partial charge in [-0.1, -0.05) is 65.3 Å². The number of hydrogen-bond acceptors (Lipinski definition) is 7. The van der Waals surface area contributed by atoms with Gasteiger partial charge in [0.05, 0.1) is 13.2 Å². The normalized spacial score (nSPS) is 17.6. The molecule has 2 atom stereocenters. The summed E-state index contributed by atoms with van der Waals surface area (Å²) in [6.45, 7) is 6.89. The van der Waals surface area contributed by atoms with Crippen LogP contribution < -0.4 is 15.6 Å². The zero-order chi connectivity index (χ0) is 29.1. The van der Waals surface area contributed by atoms with Crippen LogP contribution in [0.2, 0.25) is 0 Å². The predicted molar refractivity (Wildman–Crippen MR) is 157 cm³/mol. The molecule has 212 valence electrons. The molecule has 0 aliphatic carbocycles. The molecule has 3 N–H and O–H groups in total. The quantitative estimate of drug-likeness (QED) is 0.0626. The summed E-state index contributed by atoms with van der Waals surface area (Å²) in [6, 6.07) is 22.6. The molecule has 0 fully saturated rings. The molecule has 0 saturated carbocycles. The maximum absolute atomic E-state index is 14.0. The van der Waals surface area contributed by atoms with Gasteiger partial charge >= 0.3 is 0 Å². The third-order valence-electron chi connectivity index (χ3n) is 6.70. The highest BCUT2D eigenvalue weighted by atomic mass is 16.5. The van der Waals surface area contributed by atoms with Crippen molar-refractivity contribution in [1.82, 2.24) is 10.9 Å². The first kappa shape index (κ1) is 29.4. The number of hydrazine groups is 1. The summed E-state index contributed by atoms with van der Waals surface area (Å²) in [4.78, 5) is 21.8. The second kappa shape index (κ2) is 14.1. The zero-order valence-electron chi connectivity index (χ0n) is 23.0. The van der Waals surface area contributed by atoms with Gasteiger partial charge in [0.2, 0.25) is 5.90 Å². The van der Waals surface area contributed by atoms with E-state index in [1.54, 1.807) is 18.2 Å². The van der Waals surface area contributed by atoms with Crippen LogP contribution in [0.15, 0.2) is 95.6 Å². The third kappa shape index (κ3) is 7.12. The first-order chi connectivity index (χ1) is 20.0. The molecule has 0 radical (unpaired) electrons. The smallest absolute Gasteiger partial charge is 0.266 e. The Morgan fingerprint density at radius 2 is 2.02 bits per heavy atom. The number of carbonyl (C=O) groups is 1. The molecule has 0 saturated heterocycles. The highest BCUT2D eigenvalue weighted by molar-refractivity contribution is 6.01. The van der Waals surface area contributed by atoms with Crippen molar-refractivity contribution in [1.29, 1.82) is 0 Å². The summed E-state index contributed by atoms with van der Waals surface area (Å²) < 4.78 is 12.1. The van der Waals surface area contributed by atoms with Gasteiger partial charge in [0.15, 0.2) is 11.6 Å². The van der Waals surface area contributed by atoms with Gasteiger partial charge in [0, 0.05) is 36.5 Å². The molecular weight excluding hydrogens is 520 g/mol. The van der Waals surface area contributed by atoms with Crippen LogP contribution in [0.25, 0.3) is 10.4 Å². The van der Waals surface area contributed by atoms with E-state index in [1.807, 2.05) is 67.6 Å². The fraction of sp³-hybridized carbons (Fsp3) is 0.290. The number of aliphatic hydroxyl groups excluding tert-OH is 1. The number of azide groups is 1. The van der Waals surface area contributed by atoms with E-state index < -0.39 is 11.6 Å². The lowest BCUT2D eigenvalue weighted by Gasteiger charge is -2.30. The summed E-state index contributed by atoms with van der Waals surface area (Å²) in [5.74, 6) is 0.561. The van der Waals surface area contributed by atoms with Crippen LogP contribution >= 0.6 is 0 Å². The van der Waals surface area contributed by atoms with E-state index in [-0.39, 0.29) is 25.5 Å². The number of carbonyl (C=O) groups excluding carboxylic acids is 1. The lowest BCUT2D eigenvalue weighted by molar-refractivity contribution is -0.129. The molecule has 1 amide bonds. The van der Waals surface area contributed by atoms with Gasteiger partial charge in [0.1, 0.15) is 5.75 Å². The number of rotatable bonds is 14. The van der Waals surface area contributed by atoms with Crippen LogP contribution in [0.5, 0.6) is 5.75 Å². The monoisotopic (exact) mass is 554 g/mol. The van der Waals surface area contributed by atoms with E-state index >= 15 is 0 Å². The molecule has 41 heavy (non-hydrogen) atoms. The maximum atomic E-state index is 14.0. The first-order valence-electron chi connectivity index (χ1n) is 13.4. The van der Waals surface area contributed by atoms with E-state index in [0.29, 0.717) is 42.3 Å². The molecule has 3 aromatic rings. The lowest BCUT2D eigenvalue weighted by Crippen LogP contribution is -2.52. The van der Waals surface area contributed by atoms with E-state index in [0.717, 1.165) is 16.7 Å². The van der Waals surface area contributed by atoms with Crippen molar-refractivity contribution in [3.8, 4) is 5.75 Å². The van der Waals surface area contributed by atoms with Crippen LogP contribution in [-0.4, -0.2) is 35.7 Å². The molecule has 1 heterocycles. The first-order valence-corrected chi connectivity index (χ1v) is 13.4. The lowest BCUT2D eigenvalue weighted by atomic mass is 9.83. The Kier molecular flexibility index (Phi) is 10.1. The molecular formula is C31H34N6O4. The van der Waals surface area contributed by atoms with Gasteiger partial charge < -0.3 is 14.6 Å². The predicted octanol–water partition coefficient (Wildman–Crippen LogP) is 5.22. The standard InChI is InChI=1S/C31H34N6O4/c1-3-16-31(30(39)36-33-20-23-9-6-8-22(2)19-23)28(27-11-5-4-10-25(27)21-34-37-32)41-29(35-31)24-12-14-26(15-13-24)40-18-7-17-38/h3-6,8-15,19,28,33,38H,1,7,16-18,20-21H2,2H3,(H,36,39)/t28-,31-/m0/s1. The van der Waals surface area contributed by atoms with E-state index in [2.05, 4.69) is 27.5 Å². The number of amides is 1. The van der Waals surface area contributed by atoms with Gasteiger partial charge in [-0.3, -0.25) is 10.2 Å². The fourth-order valence-corrected chi connectivity index (χ4v) is 4.71. The molecule has 0 spiro atoms. The third-order valence-corrected chi connectivity index (χ3v) is 6.70. The number of benzene rings is 3. The number of hydrogen-bond donors (Lipinski definition) is 3.